The number of nitrogens with one attached hydrogen (secondary N) is 1. The lowest BCUT2D eigenvalue weighted by atomic mass is 10.1. The van der Waals surface area contributed by atoms with Crippen molar-refractivity contribution in [3.05, 3.63) is 53.1 Å². The van der Waals surface area contributed by atoms with Crippen LogP contribution in [0.25, 0.3) is 0 Å². The summed E-state index contributed by atoms with van der Waals surface area (Å²) in [5, 5.41) is 3.42. The van der Waals surface area contributed by atoms with E-state index in [1.165, 1.54) is 0 Å². The molecule has 0 unspecified atom stereocenters. The monoisotopic (exact) mass is 375 g/mol. The lowest BCUT2D eigenvalue weighted by Crippen LogP contribution is -2.27. The standard InChI is InChI=1S/C20H22ClNO4/c21-16-5-1-2-6-17(16)24-11-10-22-20(23)7-3-4-15-8-9-18-19(14-15)26-13-12-25-18/h1-2,5-6,8-9,14H,3-4,7,10-13H2,(H,22,23). The first-order valence-corrected chi connectivity index (χ1v) is 9.13. The van der Waals surface area contributed by atoms with Crippen molar-refractivity contribution in [2.45, 2.75) is 19.3 Å². The summed E-state index contributed by atoms with van der Waals surface area (Å²) >= 11 is 6.01. The van der Waals surface area contributed by atoms with Gasteiger partial charge in [0.15, 0.2) is 11.5 Å². The summed E-state index contributed by atoms with van der Waals surface area (Å²) < 4.78 is 16.6. The molecule has 3 rings (SSSR count). The van der Waals surface area contributed by atoms with Crippen LogP contribution in [0.15, 0.2) is 42.5 Å². The van der Waals surface area contributed by atoms with Crippen molar-refractivity contribution in [3.63, 3.8) is 0 Å². The van der Waals surface area contributed by atoms with Crippen LogP contribution in [0.5, 0.6) is 17.2 Å². The fraction of sp³-hybridized carbons (Fsp3) is 0.350. The minimum atomic E-state index is 0.0188. The third kappa shape index (κ3) is 5.30. The van der Waals surface area contributed by atoms with E-state index in [9.17, 15) is 4.79 Å². The van der Waals surface area contributed by atoms with Crippen LogP contribution < -0.4 is 19.5 Å². The molecule has 0 radical (unpaired) electrons. The highest BCUT2D eigenvalue weighted by molar-refractivity contribution is 6.32. The van der Waals surface area contributed by atoms with Gasteiger partial charge in [0.05, 0.1) is 11.6 Å². The van der Waals surface area contributed by atoms with Crippen LogP contribution in [-0.2, 0) is 11.2 Å². The zero-order chi connectivity index (χ0) is 18.2. The molecule has 1 aliphatic rings. The molecule has 2 aromatic rings. The minimum Gasteiger partial charge on any atom is -0.490 e. The van der Waals surface area contributed by atoms with Gasteiger partial charge < -0.3 is 19.5 Å². The van der Waals surface area contributed by atoms with Gasteiger partial charge in [-0.1, -0.05) is 29.8 Å². The van der Waals surface area contributed by atoms with Crippen molar-refractivity contribution in [2.24, 2.45) is 0 Å². The summed E-state index contributed by atoms with van der Waals surface area (Å²) in [6.45, 7) is 2.01. The maximum absolute atomic E-state index is 11.9. The number of hydrogen-bond donors (Lipinski definition) is 1. The molecule has 1 heterocycles. The molecule has 2 aromatic carbocycles. The van der Waals surface area contributed by atoms with Crippen LogP contribution in [-0.4, -0.2) is 32.3 Å². The largest absolute Gasteiger partial charge is 0.490 e. The van der Waals surface area contributed by atoms with E-state index in [4.69, 9.17) is 25.8 Å². The Bertz CT molecular complexity index is 750. The Balaban J connectivity index is 1.32. The average molecular weight is 376 g/mol. The van der Waals surface area contributed by atoms with Crippen molar-refractivity contribution >= 4 is 17.5 Å². The molecule has 0 spiro atoms. The van der Waals surface area contributed by atoms with Crippen LogP contribution >= 0.6 is 11.6 Å². The van der Waals surface area contributed by atoms with Gasteiger partial charge in [-0.15, -0.1) is 0 Å². The summed E-state index contributed by atoms with van der Waals surface area (Å²) in [5.41, 5.74) is 1.14. The molecular formula is C20H22ClNO4. The van der Waals surface area contributed by atoms with Crippen molar-refractivity contribution in [1.29, 1.82) is 0 Å². The Hall–Kier alpha value is -2.40. The highest BCUT2D eigenvalue weighted by atomic mass is 35.5. The van der Waals surface area contributed by atoms with Gasteiger partial charge >= 0.3 is 0 Å². The molecule has 1 amide bonds. The van der Waals surface area contributed by atoms with E-state index in [0.717, 1.165) is 29.9 Å². The predicted molar refractivity (Wildman–Crippen MR) is 100 cm³/mol. The molecule has 6 heteroatoms. The predicted octanol–water partition coefficient (Wildman–Crippen LogP) is 3.63. The van der Waals surface area contributed by atoms with Gasteiger partial charge in [-0.3, -0.25) is 4.79 Å². The fourth-order valence-corrected chi connectivity index (χ4v) is 2.89. The van der Waals surface area contributed by atoms with Crippen LogP contribution in [0.4, 0.5) is 0 Å². The molecule has 5 nitrogen and oxygen atoms in total. The number of rotatable bonds is 8. The van der Waals surface area contributed by atoms with Gasteiger partial charge in [0.1, 0.15) is 25.6 Å². The van der Waals surface area contributed by atoms with Crippen molar-refractivity contribution in [3.8, 4) is 17.2 Å². The highest BCUT2D eigenvalue weighted by Gasteiger charge is 2.11. The lowest BCUT2D eigenvalue weighted by Gasteiger charge is -2.18. The van der Waals surface area contributed by atoms with Crippen molar-refractivity contribution < 1.29 is 19.0 Å². The number of carbonyl (C=O) groups is 1. The summed E-state index contributed by atoms with van der Waals surface area (Å²) in [7, 11) is 0. The van der Waals surface area contributed by atoms with Crippen molar-refractivity contribution in [2.75, 3.05) is 26.4 Å². The first kappa shape index (κ1) is 18.4. The third-order valence-electron chi connectivity index (χ3n) is 3.99. The highest BCUT2D eigenvalue weighted by Crippen LogP contribution is 2.31. The lowest BCUT2D eigenvalue weighted by molar-refractivity contribution is -0.121. The van der Waals surface area contributed by atoms with Gasteiger partial charge in [-0.2, -0.15) is 0 Å². The second-order valence-electron chi connectivity index (χ2n) is 5.96. The first-order valence-electron chi connectivity index (χ1n) is 8.75. The van der Waals surface area contributed by atoms with E-state index >= 15 is 0 Å². The van der Waals surface area contributed by atoms with Gasteiger partial charge in [0, 0.05) is 6.42 Å². The van der Waals surface area contributed by atoms with Crippen LogP contribution in [0.2, 0.25) is 5.02 Å². The maximum atomic E-state index is 11.9. The van der Waals surface area contributed by atoms with Gasteiger partial charge in [0.25, 0.3) is 0 Å². The molecule has 0 bridgehead atoms. The van der Waals surface area contributed by atoms with Gasteiger partial charge in [0.2, 0.25) is 5.91 Å². The number of benzene rings is 2. The van der Waals surface area contributed by atoms with Crippen molar-refractivity contribution in [1.82, 2.24) is 5.32 Å². The summed E-state index contributed by atoms with van der Waals surface area (Å²) in [6.07, 6.45) is 2.07. The molecular weight excluding hydrogens is 354 g/mol. The molecule has 0 saturated heterocycles. The normalized spacial score (nSPS) is 12.5. The maximum Gasteiger partial charge on any atom is 0.220 e. The number of aryl methyl sites for hydroxylation is 1. The molecule has 0 fully saturated rings. The Morgan fingerprint density at radius 3 is 2.77 bits per heavy atom. The molecule has 0 aliphatic carbocycles. The number of ether oxygens (including phenoxy) is 3. The van der Waals surface area contributed by atoms with E-state index in [1.807, 2.05) is 30.3 Å². The smallest absolute Gasteiger partial charge is 0.220 e. The molecule has 138 valence electrons. The average Bonchev–Trinajstić information content (AvgIpc) is 2.66. The molecule has 0 aromatic heterocycles. The van der Waals surface area contributed by atoms with Gasteiger partial charge in [-0.25, -0.2) is 0 Å². The zero-order valence-electron chi connectivity index (χ0n) is 14.5. The zero-order valence-corrected chi connectivity index (χ0v) is 15.3. The van der Waals surface area contributed by atoms with Crippen LogP contribution in [0.1, 0.15) is 18.4 Å². The van der Waals surface area contributed by atoms with E-state index in [1.54, 1.807) is 12.1 Å². The summed E-state index contributed by atoms with van der Waals surface area (Å²) in [4.78, 5) is 11.9. The SMILES string of the molecule is O=C(CCCc1ccc2c(c1)OCCO2)NCCOc1ccccc1Cl. The van der Waals surface area contributed by atoms with E-state index in [2.05, 4.69) is 5.32 Å². The Kier molecular flexibility index (Phi) is 6.61. The third-order valence-corrected chi connectivity index (χ3v) is 4.31. The van der Waals surface area contributed by atoms with Crippen LogP contribution in [0.3, 0.4) is 0 Å². The second kappa shape index (κ2) is 9.34. The number of carbonyl (C=O) groups excluding carboxylic acids is 1. The number of amides is 1. The second-order valence-corrected chi connectivity index (χ2v) is 6.37. The molecule has 1 aliphatic heterocycles. The van der Waals surface area contributed by atoms with E-state index < -0.39 is 0 Å². The minimum absolute atomic E-state index is 0.0188. The Morgan fingerprint density at radius 2 is 1.92 bits per heavy atom. The number of halogens is 1. The number of hydrogen-bond acceptors (Lipinski definition) is 4. The summed E-state index contributed by atoms with van der Waals surface area (Å²) in [5.74, 6) is 2.22. The number of para-hydroxylation sites is 1. The van der Waals surface area contributed by atoms with Crippen LogP contribution in [0, 0.1) is 0 Å². The fourth-order valence-electron chi connectivity index (χ4n) is 2.70. The quantitative estimate of drug-likeness (QED) is 0.716. The Morgan fingerprint density at radius 1 is 1.12 bits per heavy atom. The number of fused-ring (bicyclic) bond motifs is 1. The first-order chi connectivity index (χ1) is 12.7. The van der Waals surface area contributed by atoms with Gasteiger partial charge in [-0.05, 0) is 42.7 Å². The summed E-state index contributed by atoms with van der Waals surface area (Å²) in [6, 6.07) is 13.2. The topological polar surface area (TPSA) is 56.8 Å². The molecule has 26 heavy (non-hydrogen) atoms. The van der Waals surface area contributed by atoms with E-state index in [-0.39, 0.29) is 5.91 Å². The molecule has 0 saturated carbocycles. The Labute approximate surface area is 158 Å². The molecule has 0 atom stereocenters. The van der Waals surface area contributed by atoms with E-state index in [0.29, 0.717) is 43.6 Å². The molecule has 1 N–H and O–H groups in total.